The minimum absolute atomic E-state index is 0.177. The van der Waals surface area contributed by atoms with Crippen molar-refractivity contribution < 1.29 is 0 Å². The molecule has 0 saturated heterocycles. The van der Waals surface area contributed by atoms with Crippen LogP contribution in [0, 0.1) is 6.92 Å². The van der Waals surface area contributed by atoms with Crippen LogP contribution in [0.25, 0.3) is 28.1 Å². The summed E-state index contributed by atoms with van der Waals surface area (Å²) in [5, 5.41) is 5.85. The molecule has 2 aromatic carbocycles. The van der Waals surface area contributed by atoms with Crippen molar-refractivity contribution in [2.24, 2.45) is 0 Å². The van der Waals surface area contributed by atoms with E-state index in [0.29, 0.717) is 27.0 Å². The number of H-pyrrole nitrogens is 1. The number of benzene rings is 2. The largest absolute Gasteiger partial charge is 0.364 e. The van der Waals surface area contributed by atoms with Crippen molar-refractivity contribution in [2.45, 2.75) is 6.92 Å². The number of halogens is 2. The van der Waals surface area contributed by atoms with Crippen LogP contribution in [0.15, 0.2) is 59.5 Å². The van der Waals surface area contributed by atoms with E-state index in [1.807, 2.05) is 31.2 Å². The van der Waals surface area contributed by atoms with Crippen molar-refractivity contribution in [3.8, 4) is 28.1 Å². The molecule has 124 valence electrons. The molecule has 0 spiro atoms. The van der Waals surface area contributed by atoms with Crippen LogP contribution in [-0.2, 0) is 0 Å². The predicted molar refractivity (Wildman–Crippen MR) is 101 cm³/mol. The third-order valence-corrected chi connectivity index (χ3v) is 4.63. The third-order valence-electron chi connectivity index (χ3n) is 4.13. The molecule has 4 nitrogen and oxygen atoms in total. The molecule has 0 amide bonds. The minimum Gasteiger partial charge on any atom is -0.364 e. The number of rotatable bonds is 2. The van der Waals surface area contributed by atoms with Gasteiger partial charge in [-0.15, -0.1) is 0 Å². The van der Waals surface area contributed by atoms with Crippen LogP contribution in [0.3, 0.4) is 0 Å². The van der Waals surface area contributed by atoms with Gasteiger partial charge in [-0.2, -0.15) is 9.78 Å². The summed E-state index contributed by atoms with van der Waals surface area (Å²) in [6.07, 6.45) is 1.70. The molecular formula is C19H13Cl2N3O. The van der Waals surface area contributed by atoms with Crippen LogP contribution < -0.4 is 5.56 Å². The molecule has 2 aliphatic rings. The lowest BCUT2D eigenvalue weighted by Gasteiger charge is -2.10. The smallest absolute Gasteiger partial charge is 0.282 e. The lowest BCUT2D eigenvalue weighted by molar-refractivity contribution is 0.858. The molecule has 1 N–H and O–H groups in total. The Kier molecular flexibility index (Phi) is 3.86. The maximum Gasteiger partial charge on any atom is 0.282 e. The first-order valence-electron chi connectivity index (χ1n) is 7.67. The fraction of sp³-hybridized carbons (Fsp3) is 0.0526. The van der Waals surface area contributed by atoms with Crippen LogP contribution in [-0.4, -0.2) is 14.8 Å². The van der Waals surface area contributed by atoms with E-state index in [1.54, 1.807) is 30.5 Å². The molecule has 6 heteroatoms. The van der Waals surface area contributed by atoms with Gasteiger partial charge in [0.05, 0.1) is 11.3 Å². The Morgan fingerprint density at radius 2 is 1.56 bits per heavy atom. The number of nitrogens with zero attached hydrogens (tertiary/aromatic N) is 2. The Bertz CT molecular complexity index is 1080. The van der Waals surface area contributed by atoms with Crippen LogP contribution in [0.5, 0.6) is 0 Å². The topological polar surface area (TPSA) is 50.7 Å². The van der Waals surface area contributed by atoms with E-state index in [2.05, 4.69) is 10.1 Å². The minimum atomic E-state index is -0.177. The van der Waals surface area contributed by atoms with Crippen molar-refractivity contribution >= 4 is 23.2 Å². The summed E-state index contributed by atoms with van der Waals surface area (Å²) in [7, 11) is 0. The van der Waals surface area contributed by atoms with Gasteiger partial charge < -0.3 is 4.98 Å². The molecule has 0 aromatic heterocycles. The summed E-state index contributed by atoms with van der Waals surface area (Å²) in [6.45, 7) is 1.95. The quantitative estimate of drug-likeness (QED) is 0.543. The number of aromatic nitrogens is 3. The number of aryl methyl sites for hydroxylation is 1. The molecule has 2 aromatic rings. The molecule has 0 bridgehead atoms. The predicted octanol–water partition coefficient (Wildman–Crippen LogP) is 4.95. The number of pyridine rings is 1. The normalized spacial score (nSPS) is 11.2. The van der Waals surface area contributed by atoms with Gasteiger partial charge in [-0.05, 0) is 48.9 Å². The van der Waals surface area contributed by atoms with Crippen LogP contribution in [0.1, 0.15) is 5.69 Å². The highest BCUT2D eigenvalue weighted by Crippen LogP contribution is 2.33. The van der Waals surface area contributed by atoms with Gasteiger partial charge in [0, 0.05) is 27.5 Å². The van der Waals surface area contributed by atoms with Crippen molar-refractivity contribution in [1.29, 1.82) is 0 Å². The molecular weight excluding hydrogens is 357 g/mol. The van der Waals surface area contributed by atoms with Gasteiger partial charge >= 0.3 is 0 Å². The average molecular weight is 370 g/mol. The second-order valence-corrected chi connectivity index (χ2v) is 6.62. The van der Waals surface area contributed by atoms with Gasteiger partial charge in [0.2, 0.25) is 0 Å². The summed E-state index contributed by atoms with van der Waals surface area (Å²) in [5.74, 6) is 0. The summed E-state index contributed by atoms with van der Waals surface area (Å²) < 4.78 is 1.40. The zero-order valence-electron chi connectivity index (χ0n) is 13.3. The Morgan fingerprint density at radius 3 is 2.20 bits per heavy atom. The third kappa shape index (κ3) is 2.73. The van der Waals surface area contributed by atoms with Gasteiger partial charge in [-0.25, -0.2) is 0 Å². The van der Waals surface area contributed by atoms with Gasteiger partial charge in [0.15, 0.2) is 0 Å². The number of nitrogens with one attached hydrogen (secondary N) is 1. The first-order valence-corrected chi connectivity index (χ1v) is 8.43. The van der Waals surface area contributed by atoms with E-state index < -0.39 is 0 Å². The highest BCUT2D eigenvalue weighted by Gasteiger charge is 2.22. The molecule has 0 fully saturated rings. The van der Waals surface area contributed by atoms with Gasteiger partial charge in [-0.3, -0.25) is 4.79 Å². The van der Waals surface area contributed by atoms with E-state index in [4.69, 9.17) is 23.2 Å². The zero-order valence-corrected chi connectivity index (χ0v) is 14.8. The highest BCUT2D eigenvalue weighted by atomic mass is 35.5. The van der Waals surface area contributed by atoms with E-state index in [-0.39, 0.29) is 5.56 Å². The lowest BCUT2D eigenvalue weighted by atomic mass is 9.99. The van der Waals surface area contributed by atoms with Crippen LogP contribution in [0.2, 0.25) is 10.0 Å². The number of hydrogen-bond donors (Lipinski definition) is 1. The molecule has 0 saturated carbocycles. The molecule has 2 aliphatic heterocycles. The molecule has 0 aliphatic carbocycles. The average Bonchev–Trinajstić information content (AvgIpc) is 2.93. The molecule has 0 atom stereocenters. The van der Waals surface area contributed by atoms with Crippen LogP contribution >= 0.6 is 23.2 Å². The second kappa shape index (κ2) is 6.06. The standard InChI is InChI=1S/C19H13Cl2N3O/c1-11-17(12-2-4-13(20)5-3-12)18-16(10-22-11)19(25)24(23-18)15-8-6-14(21)7-9-15/h2-10,22H,1H3. The van der Waals surface area contributed by atoms with Crippen molar-refractivity contribution in [3.05, 3.63) is 80.8 Å². The molecule has 2 heterocycles. The van der Waals surface area contributed by atoms with Gasteiger partial charge in [0.1, 0.15) is 5.69 Å². The van der Waals surface area contributed by atoms with E-state index in [1.165, 1.54) is 4.68 Å². The fourth-order valence-electron chi connectivity index (χ4n) is 2.89. The number of hydrogen-bond acceptors (Lipinski definition) is 2. The molecule has 0 unspecified atom stereocenters. The second-order valence-electron chi connectivity index (χ2n) is 5.75. The van der Waals surface area contributed by atoms with Crippen molar-refractivity contribution in [3.63, 3.8) is 0 Å². The lowest BCUT2D eigenvalue weighted by Crippen LogP contribution is -2.14. The Balaban J connectivity index is 1.97. The highest BCUT2D eigenvalue weighted by molar-refractivity contribution is 6.30. The summed E-state index contributed by atoms with van der Waals surface area (Å²) in [5.41, 5.74) is 4.44. The Morgan fingerprint density at radius 1 is 0.960 bits per heavy atom. The Labute approximate surface area is 154 Å². The van der Waals surface area contributed by atoms with E-state index in [0.717, 1.165) is 16.8 Å². The maximum absolute atomic E-state index is 12.8. The van der Waals surface area contributed by atoms with Crippen molar-refractivity contribution in [2.75, 3.05) is 0 Å². The number of aromatic amines is 1. The monoisotopic (exact) mass is 369 g/mol. The maximum atomic E-state index is 12.8. The first-order chi connectivity index (χ1) is 12.0. The SMILES string of the molecule is Cc1[nH]cc2c(=O)n(-c3ccc(Cl)cc3)nc-2c1-c1ccc(Cl)cc1. The molecule has 25 heavy (non-hydrogen) atoms. The van der Waals surface area contributed by atoms with Crippen molar-refractivity contribution in [1.82, 2.24) is 14.8 Å². The van der Waals surface area contributed by atoms with E-state index >= 15 is 0 Å². The Hall–Kier alpha value is -2.56. The summed E-state index contributed by atoms with van der Waals surface area (Å²) in [4.78, 5) is 16.0. The fourth-order valence-corrected chi connectivity index (χ4v) is 3.14. The summed E-state index contributed by atoms with van der Waals surface area (Å²) >= 11 is 11.9. The summed E-state index contributed by atoms with van der Waals surface area (Å²) in [6, 6.07) is 14.5. The van der Waals surface area contributed by atoms with E-state index in [9.17, 15) is 4.79 Å². The number of fused-ring (bicyclic) bond motifs is 1. The first kappa shape index (κ1) is 15.9. The zero-order chi connectivity index (χ0) is 17.6. The molecule has 4 rings (SSSR count). The van der Waals surface area contributed by atoms with Crippen LogP contribution in [0.4, 0.5) is 0 Å². The molecule has 0 radical (unpaired) electrons. The van der Waals surface area contributed by atoms with Gasteiger partial charge in [0.25, 0.3) is 5.56 Å². The van der Waals surface area contributed by atoms with Gasteiger partial charge in [-0.1, -0.05) is 35.3 Å².